The van der Waals surface area contributed by atoms with Gasteiger partial charge in [-0.25, -0.2) is 0 Å². The molecule has 0 aromatic heterocycles. The van der Waals surface area contributed by atoms with E-state index in [1.165, 1.54) is 0 Å². The van der Waals surface area contributed by atoms with Gasteiger partial charge in [-0.3, -0.25) is 4.79 Å². The zero-order chi connectivity index (χ0) is 7.84. The van der Waals surface area contributed by atoms with E-state index in [1.54, 1.807) is 18.2 Å². The summed E-state index contributed by atoms with van der Waals surface area (Å²) in [6.07, 6.45) is 3.07. The second kappa shape index (κ2) is 2.09. The van der Waals surface area contributed by atoms with Gasteiger partial charge >= 0.3 is 0 Å². The van der Waals surface area contributed by atoms with Gasteiger partial charge < -0.3 is 5.11 Å². The van der Waals surface area contributed by atoms with Gasteiger partial charge in [0.15, 0.2) is 5.78 Å². The molecule has 0 fully saturated rings. The summed E-state index contributed by atoms with van der Waals surface area (Å²) in [4.78, 5) is 11.0. The third kappa shape index (κ3) is 0.827. The average Bonchev–Trinajstić information content (AvgIpc) is 2.35. The smallest absolute Gasteiger partial charge is 0.171 e. The highest BCUT2D eigenvalue weighted by molar-refractivity contribution is 6.07. The van der Waals surface area contributed by atoms with Crippen molar-refractivity contribution in [2.45, 2.75) is 6.42 Å². The summed E-state index contributed by atoms with van der Waals surface area (Å²) in [5.41, 5.74) is 1.29. The Morgan fingerprint density at radius 1 is 1.45 bits per heavy atom. The highest BCUT2D eigenvalue weighted by Crippen LogP contribution is 2.28. The van der Waals surface area contributed by atoms with Crippen LogP contribution in [0.3, 0.4) is 0 Å². The summed E-state index contributed by atoms with van der Waals surface area (Å²) in [6, 6.07) is 4.95. The van der Waals surface area contributed by atoms with Gasteiger partial charge in [-0.15, -0.1) is 0 Å². The number of aromatic hydroxyl groups is 1. The summed E-state index contributed by atoms with van der Waals surface area (Å²) in [5.74, 6) is 0.0942. The van der Waals surface area contributed by atoms with Crippen molar-refractivity contribution in [2.75, 3.05) is 0 Å². The number of carbonyl (C=O) groups is 1. The van der Waals surface area contributed by atoms with Crippen LogP contribution in [0, 0.1) is 6.42 Å². The average molecular weight is 146 g/mol. The van der Waals surface area contributed by atoms with Crippen molar-refractivity contribution in [3.05, 3.63) is 35.7 Å². The first kappa shape index (κ1) is 6.40. The van der Waals surface area contributed by atoms with Crippen molar-refractivity contribution in [1.82, 2.24) is 0 Å². The Kier molecular flexibility index (Phi) is 1.22. The third-order valence-corrected chi connectivity index (χ3v) is 1.82. The molecule has 1 aliphatic rings. The van der Waals surface area contributed by atoms with Crippen molar-refractivity contribution >= 4 is 5.78 Å². The normalized spacial score (nSPS) is 15.1. The van der Waals surface area contributed by atoms with E-state index in [0.29, 0.717) is 17.5 Å². The monoisotopic (exact) mass is 146 g/mol. The molecule has 0 bridgehead atoms. The molecule has 0 heterocycles. The molecule has 1 N–H and O–H groups in total. The highest BCUT2D eigenvalue weighted by atomic mass is 16.3. The number of Topliss-reactive ketones (excluding diaryl/α,β-unsaturated/α-hetero) is 1. The molecule has 1 aromatic rings. The lowest BCUT2D eigenvalue weighted by molar-refractivity contribution is 0.103. The van der Waals surface area contributed by atoms with Crippen LogP contribution in [0.5, 0.6) is 5.75 Å². The van der Waals surface area contributed by atoms with E-state index in [1.807, 2.05) is 0 Å². The Bertz CT molecular complexity index is 315. The number of fused-ring (bicyclic) bond motifs is 1. The number of hydrogen-bond donors (Lipinski definition) is 1. The standard InChI is InChI=1S/C9H6O2/c10-8-3-1-2-6-7(8)4-5-9(6)11/h1-3,10H,4H2. The molecule has 0 spiro atoms. The molecule has 11 heavy (non-hydrogen) atoms. The summed E-state index contributed by atoms with van der Waals surface area (Å²) in [5, 5.41) is 9.26. The van der Waals surface area contributed by atoms with Crippen molar-refractivity contribution in [2.24, 2.45) is 0 Å². The molecule has 1 aromatic carbocycles. The van der Waals surface area contributed by atoms with Gasteiger partial charge in [-0.2, -0.15) is 0 Å². The van der Waals surface area contributed by atoms with E-state index >= 15 is 0 Å². The van der Waals surface area contributed by atoms with Crippen LogP contribution < -0.4 is 0 Å². The predicted octanol–water partition coefficient (Wildman–Crippen LogP) is 1.21. The Hall–Kier alpha value is -1.31. The molecule has 2 nitrogen and oxygen atoms in total. The Morgan fingerprint density at radius 2 is 2.27 bits per heavy atom. The second-order valence-electron chi connectivity index (χ2n) is 2.49. The minimum Gasteiger partial charge on any atom is -0.508 e. The maximum Gasteiger partial charge on any atom is 0.171 e. The first-order valence-corrected chi connectivity index (χ1v) is 3.38. The minimum atomic E-state index is -0.101. The lowest BCUT2D eigenvalue weighted by Crippen LogP contribution is -1.90. The van der Waals surface area contributed by atoms with Gasteiger partial charge in [0.2, 0.25) is 0 Å². The number of hydrogen-bond acceptors (Lipinski definition) is 2. The Labute approximate surface area is 64.5 Å². The van der Waals surface area contributed by atoms with Crippen molar-refractivity contribution < 1.29 is 9.90 Å². The van der Waals surface area contributed by atoms with Crippen molar-refractivity contribution in [3.8, 4) is 5.75 Å². The molecule has 2 heteroatoms. The predicted molar refractivity (Wildman–Crippen MR) is 39.4 cm³/mol. The fourth-order valence-electron chi connectivity index (χ4n) is 1.24. The number of ketones is 1. The molecular weight excluding hydrogens is 140 g/mol. The molecular formula is C9H6O2. The zero-order valence-corrected chi connectivity index (χ0v) is 5.79. The zero-order valence-electron chi connectivity index (χ0n) is 5.79. The van der Waals surface area contributed by atoms with Crippen LogP contribution in [0.1, 0.15) is 15.9 Å². The molecule has 54 valence electrons. The lowest BCUT2D eigenvalue weighted by Gasteiger charge is -1.98. The molecule has 2 rings (SSSR count). The maximum absolute atomic E-state index is 11.0. The third-order valence-electron chi connectivity index (χ3n) is 1.82. The van der Waals surface area contributed by atoms with E-state index in [9.17, 15) is 9.90 Å². The fraction of sp³-hybridized carbons (Fsp3) is 0.111. The van der Waals surface area contributed by atoms with Gasteiger partial charge in [0.05, 0.1) is 6.42 Å². The SMILES string of the molecule is O=C1[C]Cc2c(O)cccc21. The molecule has 0 saturated heterocycles. The van der Waals surface area contributed by atoms with Crippen LogP contribution in [0.2, 0.25) is 0 Å². The maximum atomic E-state index is 11.0. The molecule has 0 aliphatic heterocycles. The van der Waals surface area contributed by atoms with Crippen LogP contribution in [0.4, 0.5) is 0 Å². The van der Waals surface area contributed by atoms with Crippen LogP contribution in [0.25, 0.3) is 0 Å². The van der Waals surface area contributed by atoms with E-state index in [2.05, 4.69) is 6.42 Å². The number of phenols is 1. The fourth-order valence-corrected chi connectivity index (χ4v) is 1.24. The largest absolute Gasteiger partial charge is 0.508 e. The van der Waals surface area contributed by atoms with Crippen LogP contribution in [-0.2, 0) is 6.42 Å². The van der Waals surface area contributed by atoms with Gasteiger partial charge in [0, 0.05) is 11.1 Å². The summed E-state index contributed by atoms with van der Waals surface area (Å²) < 4.78 is 0. The van der Waals surface area contributed by atoms with Crippen molar-refractivity contribution in [1.29, 1.82) is 0 Å². The van der Waals surface area contributed by atoms with Crippen LogP contribution >= 0.6 is 0 Å². The molecule has 0 unspecified atom stereocenters. The molecule has 2 radical (unpaired) electrons. The highest BCUT2D eigenvalue weighted by Gasteiger charge is 2.22. The lowest BCUT2D eigenvalue weighted by atomic mass is 10.1. The first-order valence-electron chi connectivity index (χ1n) is 3.38. The Morgan fingerprint density at radius 3 is 3.00 bits per heavy atom. The summed E-state index contributed by atoms with van der Waals surface area (Å²) >= 11 is 0. The van der Waals surface area contributed by atoms with Gasteiger partial charge in [-0.1, -0.05) is 12.1 Å². The van der Waals surface area contributed by atoms with Crippen molar-refractivity contribution in [3.63, 3.8) is 0 Å². The number of benzene rings is 1. The second-order valence-corrected chi connectivity index (χ2v) is 2.49. The van der Waals surface area contributed by atoms with E-state index in [0.717, 1.165) is 0 Å². The van der Waals surface area contributed by atoms with Gasteiger partial charge in [-0.05, 0) is 12.5 Å². The van der Waals surface area contributed by atoms with Gasteiger partial charge in [0.25, 0.3) is 0 Å². The quantitative estimate of drug-likeness (QED) is 0.597. The molecule has 1 aliphatic carbocycles. The topological polar surface area (TPSA) is 37.3 Å². The Balaban J connectivity index is 2.66. The molecule has 0 atom stereocenters. The molecule has 0 saturated carbocycles. The van der Waals surface area contributed by atoms with Crippen LogP contribution in [-0.4, -0.2) is 10.9 Å². The molecule has 0 amide bonds. The van der Waals surface area contributed by atoms with E-state index < -0.39 is 0 Å². The van der Waals surface area contributed by atoms with E-state index in [4.69, 9.17) is 0 Å². The van der Waals surface area contributed by atoms with Gasteiger partial charge in [0.1, 0.15) is 5.75 Å². The first-order chi connectivity index (χ1) is 5.29. The summed E-state index contributed by atoms with van der Waals surface area (Å²) in [6.45, 7) is 0. The summed E-state index contributed by atoms with van der Waals surface area (Å²) in [7, 11) is 0. The number of rotatable bonds is 0. The van der Waals surface area contributed by atoms with Crippen LogP contribution in [0.15, 0.2) is 18.2 Å². The van der Waals surface area contributed by atoms with E-state index in [-0.39, 0.29) is 11.5 Å². The number of phenolic OH excluding ortho intramolecular Hbond substituents is 1. The minimum absolute atomic E-state index is 0.101. The number of carbonyl (C=O) groups excluding carboxylic acids is 1.